The molecule has 0 amide bonds. The number of aromatic nitrogens is 4. The van der Waals surface area contributed by atoms with E-state index in [4.69, 9.17) is 16.0 Å². The molecule has 0 aliphatic heterocycles. The van der Waals surface area contributed by atoms with Crippen molar-refractivity contribution in [3.8, 4) is 5.69 Å². The van der Waals surface area contributed by atoms with Crippen LogP contribution in [0.3, 0.4) is 0 Å². The predicted octanol–water partition coefficient (Wildman–Crippen LogP) is 4.37. The molecular weight excluding hydrogens is 352 g/mol. The molecule has 5 nitrogen and oxygen atoms in total. The summed E-state index contributed by atoms with van der Waals surface area (Å²) in [5.74, 6) is 2.00. The number of aryl methyl sites for hydroxylation is 1. The van der Waals surface area contributed by atoms with Crippen LogP contribution in [-0.2, 0) is 11.5 Å². The Morgan fingerprint density at radius 3 is 2.70 bits per heavy atom. The molecule has 2 heterocycles. The molecule has 0 radical (unpaired) electrons. The Morgan fingerprint density at radius 1 is 1.17 bits per heavy atom. The molecule has 0 aliphatic carbocycles. The summed E-state index contributed by atoms with van der Waals surface area (Å²) < 4.78 is 7.32. The molecule has 0 unspecified atom stereocenters. The van der Waals surface area contributed by atoms with Crippen LogP contribution in [0.2, 0.25) is 5.15 Å². The normalized spacial score (nSPS) is 11.1. The molecule has 120 valence electrons. The number of para-hydroxylation sites is 1. The maximum atomic E-state index is 6.50. The van der Waals surface area contributed by atoms with Crippen molar-refractivity contribution >= 4 is 35.1 Å². The van der Waals surface area contributed by atoms with Crippen molar-refractivity contribution in [3.05, 3.63) is 52.6 Å². The van der Waals surface area contributed by atoms with Crippen LogP contribution in [0, 0.1) is 6.92 Å². The molecule has 0 atom stereocenters. The van der Waals surface area contributed by atoms with Crippen LogP contribution in [0.4, 0.5) is 0 Å². The topological polar surface area (TPSA) is 56.7 Å². The number of hydrogen-bond donors (Lipinski definition) is 0. The molecule has 0 aliphatic rings. The van der Waals surface area contributed by atoms with Gasteiger partial charge in [0.25, 0.3) is 5.22 Å². The van der Waals surface area contributed by atoms with Gasteiger partial charge in [-0.05, 0) is 25.3 Å². The Morgan fingerprint density at radius 2 is 1.96 bits per heavy atom. The number of thioether (sulfide) groups is 2. The van der Waals surface area contributed by atoms with Gasteiger partial charge in [0.1, 0.15) is 5.15 Å². The first kappa shape index (κ1) is 16.4. The Bertz CT molecular complexity index is 788. The third kappa shape index (κ3) is 3.73. The van der Waals surface area contributed by atoms with Crippen molar-refractivity contribution in [2.24, 2.45) is 0 Å². The smallest absolute Gasteiger partial charge is 0.276 e. The summed E-state index contributed by atoms with van der Waals surface area (Å²) in [7, 11) is 0. The first-order chi connectivity index (χ1) is 11.2. The number of nitrogens with zero attached hydrogens (tertiary/aromatic N) is 4. The standard InChI is InChI=1S/C15H15ClN4OS2/c1-10-12(8-23-15-18-17-13(21-15)9-22-2)14(16)20(19-10)11-6-4-3-5-7-11/h3-7H,8-9H2,1-2H3. The highest BCUT2D eigenvalue weighted by molar-refractivity contribution is 7.98. The van der Waals surface area contributed by atoms with Crippen LogP contribution < -0.4 is 0 Å². The van der Waals surface area contributed by atoms with Gasteiger partial charge in [-0.25, -0.2) is 4.68 Å². The van der Waals surface area contributed by atoms with Crippen molar-refractivity contribution in [2.45, 2.75) is 23.7 Å². The maximum absolute atomic E-state index is 6.50. The van der Waals surface area contributed by atoms with Gasteiger partial charge < -0.3 is 4.42 Å². The van der Waals surface area contributed by atoms with Crippen molar-refractivity contribution in [3.63, 3.8) is 0 Å². The molecule has 0 saturated carbocycles. The quantitative estimate of drug-likeness (QED) is 0.603. The fraction of sp³-hybridized carbons (Fsp3) is 0.267. The molecule has 3 aromatic rings. The molecule has 0 saturated heterocycles. The van der Waals surface area contributed by atoms with E-state index in [-0.39, 0.29) is 0 Å². The van der Waals surface area contributed by atoms with E-state index in [1.165, 1.54) is 11.8 Å². The summed E-state index contributed by atoms with van der Waals surface area (Å²) in [5.41, 5.74) is 2.82. The number of benzene rings is 1. The predicted molar refractivity (Wildman–Crippen MR) is 94.4 cm³/mol. The number of rotatable bonds is 6. The summed E-state index contributed by atoms with van der Waals surface area (Å²) in [6.07, 6.45) is 2.00. The van der Waals surface area contributed by atoms with E-state index >= 15 is 0 Å². The van der Waals surface area contributed by atoms with E-state index in [1.807, 2.05) is 43.5 Å². The van der Waals surface area contributed by atoms with E-state index in [2.05, 4.69) is 15.3 Å². The second-order valence-electron chi connectivity index (χ2n) is 4.79. The summed E-state index contributed by atoms with van der Waals surface area (Å²) >= 11 is 9.62. The Labute approximate surface area is 147 Å². The highest BCUT2D eigenvalue weighted by atomic mass is 35.5. The van der Waals surface area contributed by atoms with E-state index < -0.39 is 0 Å². The SMILES string of the molecule is CSCc1nnc(SCc2c(C)nn(-c3ccccc3)c2Cl)o1. The third-order valence-corrected chi connectivity index (χ3v) is 4.95. The zero-order valence-electron chi connectivity index (χ0n) is 12.7. The Hall–Kier alpha value is -1.44. The zero-order valence-corrected chi connectivity index (χ0v) is 15.1. The van der Waals surface area contributed by atoms with Crippen molar-refractivity contribution in [1.82, 2.24) is 20.0 Å². The molecule has 0 bridgehead atoms. The second kappa shape index (κ2) is 7.42. The lowest BCUT2D eigenvalue weighted by Gasteiger charge is -2.02. The molecule has 23 heavy (non-hydrogen) atoms. The molecule has 0 spiro atoms. The Balaban J connectivity index is 1.76. The molecule has 2 aromatic heterocycles. The van der Waals surface area contributed by atoms with Gasteiger partial charge in [0.05, 0.1) is 17.1 Å². The first-order valence-electron chi connectivity index (χ1n) is 6.92. The average molecular weight is 367 g/mol. The number of hydrogen-bond acceptors (Lipinski definition) is 6. The lowest BCUT2D eigenvalue weighted by molar-refractivity contribution is 0.426. The van der Waals surface area contributed by atoms with Gasteiger partial charge in [-0.15, -0.1) is 10.2 Å². The minimum atomic E-state index is 0.553. The average Bonchev–Trinajstić information content (AvgIpc) is 3.12. The minimum Gasteiger partial charge on any atom is -0.415 e. The van der Waals surface area contributed by atoms with Gasteiger partial charge in [-0.1, -0.05) is 41.6 Å². The van der Waals surface area contributed by atoms with Gasteiger partial charge in [0.15, 0.2) is 0 Å². The van der Waals surface area contributed by atoms with Crippen LogP contribution in [0.15, 0.2) is 40.0 Å². The van der Waals surface area contributed by atoms with Crippen LogP contribution in [0.25, 0.3) is 5.69 Å². The van der Waals surface area contributed by atoms with E-state index in [0.717, 1.165) is 22.7 Å². The molecule has 0 fully saturated rings. The molecule has 8 heteroatoms. The van der Waals surface area contributed by atoms with Crippen molar-refractivity contribution in [2.75, 3.05) is 6.26 Å². The summed E-state index contributed by atoms with van der Waals surface area (Å²) in [6, 6.07) is 9.84. The lowest BCUT2D eigenvalue weighted by atomic mass is 10.3. The third-order valence-electron chi connectivity index (χ3n) is 3.18. The monoisotopic (exact) mass is 366 g/mol. The first-order valence-corrected chi connectivity index (χ1v) is 9.68. The van der Waals surface area contributed by atoms with Crippen LogP contribution in [0.1, 0.15) is 17.1 Å². The molecule has 3 rings (SSSR count). The van der Waals surface area contributed by atoms with Gasteiger partial charge in [0.2, 0.25) is 5.89 Å². The van der Waals surface area contributed by atoms with Crippen molar-refractivity contribution in [1.29, 1.82) is 0 Å². The zero-order chi connectivity index (χ0) is 16.2. The summed E-state index contributed by atoms with van der Waals surface area (Å²) in [6.45, 7) is 1.95. The van der Waals surface area contributed by atoms with Gasteiger partial charge in [0, 0.05) is 11.3 Å². The lowest BCUT2D eigenvalue weighted by Crippen LogP contribution is -1.95. The minimum absolute atomic E-state index is 0.553. The van der Waals surface area contributed by atoms with Gasteiger partial charge in [-0.3, -0.25) is 0 Å². The molecule has 0 N–H and O–H groups in total. The van der Waals surface area contributed by atoms with Crippen LogP contribution >= 0.6 is 35.1 Å². The van der Waals surface area contributed by atoms with Gasteiger partial charge >= 0.3 is 0 Å². The van der Waals surface area contributed by atoms with E-state index in [0.29, 0.717) is 22.0 Å². The summed E-state index contributed by atoms with van der Waals surface area (Å²) in [4.78, 5) is 0. The second-order valence-corrected chi connectivity index (χ2v) is 6.94. The fourth-order valence-electron chi connectivity index (χ4n) is 2.05. The Kier molecular flexibility index (Phi) is 5.30. The summed E-state index contributed by atoms with van der Waals surface area (Å²) in [5, 5.41) is 13.7. The molecular formula is C15H15ClN4OS2. The van der Waals surface area contributed by atoms with E-state index in [1.54, 1.807) is 16.4 Å². The largest absolute Gasteiger partial charge is 0.415 e. The number of halogens is 1. The van der Waals surface area contributed by atoms with Crippen LogP contribution in [0.5, 0.6) is 0 Å². The maximum Gasteiger partial charge on any atom is 0.276 e. The van der Waals surface area contributed by atoms with Crippen LogP contribution in [-0.4, -0.2) is 26.2 Å². The fourth-order valence-corrected chi connectivity index (χ4v) is 3.70. The van der Waals surface area contributed by atoms with Crippen molar-refractivity contribution < 1.29 is 4.42 Å². The van der Waals surface area contributed by atoms with E-state index in [9.17, 15) is 0 Å². The highest BCUT2D eigenvalue weighted by Crippen LogP contribution is 2.30. The molecule has 1 aromatic carbocycles. The van der Waals surface area contributed by atoms with Gasteiger partial charge in [-0.2, -0.15) is 16.9 Å². The highest BCUT2D eigenvalue weighted by Gasteiger charge is 2.16.